The van der Waals surface area contributed by atoms with Crippen LogP contribution in [0, 0.1) is 12.7 Å². The fourth-order valence-electron chi connectivity index (χ4n) is 4.35. The Hall–Kier alpha value is -3.71. The number of carbonyl (C=O) groups is 1. The molecule has 1 fully saturated rings. The number of rotatable bonds is 5. The van der Waals surface area contributed by atoms with Gasteiger partial charge in [0, 0.05) is 45.1 Å². The molecule has 1 aliphatic heterocycles. The van der Waals surface area contributed by atoms with Crippen molar-refractivity contribution in [3.63, 3.8) is 0 Å². The fourth-order valence-corrected chi connectivity index (χ4v) is 4.35. The number of methoxy groups -OCH3 is 1. The Morgan fingerprint density at radius 1 is 0.971 bits per heavy atom. The summed E-state index contributed by atoms with van der Waals surface area (Å²) in [5, 5.41) is 0. The van der Waals surface area contributed by atoms with E-state index in [9.17, 15) is 9.18 Å². The number of nitrogens with zero attached hydrogens (tertiary/aromatic N) is 4. The van der Waals surface area contributed by atoms with E-state index in [2.05, 4.69) is 22.0 Å². The van der Waals surface area contributed by atoms with Gasteiger partial charge in [0.25, 0.3) is 5.91 Å². The van der Waals surface area contributed by atoms with E-state index in [1.807, 2.05) is 45.8 Å². The number of piperazine rings is 1. The first kappa shape index (κ1) is 22.1. The molecule has 0 saturated carbocycles. The van der Waals surface area contributed by atoms with Crippen molar-refractivity contribution in [2.75, 3.05) is 33.3 Å². The molecule has 0 spiro atoms. The van der Waals surface area contributed by atoms with Crippen LogP contribution in [0.25, 0.3) is 16.8 Å². The van der Waals surface area contributed by atoms with Crippen LogP contribution in [-0.4, -0.2) is 58.4 Å². The lowest BCUT2D eigenvalue weighted by Crippen LogP contribution is -2.48. The van der Waals surface area contributed by atoms with Gasteiger partial charge >= 0.3 is 0 Å². The summed E-state index contributed by atoms with van der Waals surface area (Å²) < 4.78 is 20.7. The molecule has 3 heterocycles. The zero-order valence-electron chi connectivity index (χ0n) is 19.4. The maximum atomic E-state index is 13.6. The molecule has 174 valence electrons. The molecule has 7 heteroatoms. The Kier molecular flexibility index (Phi) is 6.02. The second kappa shape index (κ2) is 9.27. The van der Waals surface area contributed by atoms with Crippen LogP contribution < -0.4 is 4.74 Å². The number of aryl methyl sites for hydroxylation is 1. The number of ether oxygens (including phenoxy) is 1. The van der Waals surface area contributed by atoms with Gasteiger partial charge in [-0.1, -0.05) is 18.2 Å². The minimum absolute atomic E-state index is 0.0491. The summed E-state index contributed by atoms with van der Waals surface area (Å²) in [5.74, 6) is 0.586. The van der Waals surface area contributed by atoms with Crippen molar-refractivity contribution in [2.45, 2.75) is 13.5 Å². The Bertz CT molecular complexity index is 1320. The number of imidazole rings is 1. The predicted molar refractivity (Wildman–Crippen MR) is 129 cm³/mol. The van der Waals surface area contributed by atoms with Crippen LogP contribution in [0.5, 0.6) is 5.75 Å². The van der Waals surface area contributed by atoms with Gasteiger partial charge in [0.05, 0.1) is 7.11 Å². The first-order chi connectivity index (χ1) is 16.5. The lowest BCUT2D eigenvalue weighted by atomic mass is 10.1. The van der Waals surface area contributed by atoms with E-state index >= 15 is 0 Å². The molecule has 0 unspecified atom stereocenters. The summed E-state index contributed by atoms with van der Waals surface area (Å²) in [6, 6.07) is 17.0. The molecular formula is C27H27FN4O2. The Morgan fingerprint density at radius 3 is 2.41 bits per heavy atom. The Balaban J connectivity index is 1.25. The smallest absolute Gasteiger partial charge is 0.274 e. The summed E-state index contributed by atoms with van der Waals surface area (Å²) in [6.07, 6.45) is 3.71. The van der Waals surface area contributed by atoms with Gasteiger partial charge in [-0.3, -0.25) is 9.69 Å². The van der Waals surface area contributed by atoms with Gasteiger partial charge in [-0.25, -0.2) is 9.37 Å². The lowest BCUT2D eigenvalue weighted by Gasteiger charge is -2.34. The molecule has 0 aliphatic carbocycles. The highest BCUT2D eigenvalue weighted by Crippen LogP contribution is 2.23. The number of fused-ring (bicyclic) bond motifs is 1. The monoisotopic (exact) mass is 458 g/mol. The number of amides is 1. The summed E-state index contributed by atoms with van der Waals surface area (Å²) in [7, 11) is 1.67. The summed E-state index contributed by atoms with van der Waals surface area (Å²) in [5.41, 5.74) is 4.85. The van der Waals surface area contributed by atoms with Gasteiger partial charge in [0.1, 0.15) is 22.9 Å². The van der Waals surface area contributed by atoms with Gasteiger partial charge in [-0.05, 0) is 65.6 Å². The third kappa shape index (κ3) is 4.52. The van der Waals surface area contributed by atoms with Crippen molar-refractivity contribution in [2.24, 2.45) is 0 Å². The molecule has 34 heavy (non-hydrogen) atoms. The van der Waals surface area contributed by atoms with Crippen LogP contribution in [0.2, 0.25) is 0 Å². The van der Waals surface area contributed by atoms with Gasteiger partial charge < -0.3 is 14.0 Å². The highest BCUT2D eigenvalue weighted by atomic mass is 19.1. The zero-order valence-corrected chi connectivity index (χ0v) is 19.4. The van der Waals surface area contributed by atoms with Crippen molar-refractivity contribution in [3.05, 3.63) is 89.6 Å². The van der Waals surface area contributed by atoms with Gasteiger partial charge in [-0.15, -0.1) is 0 Å². The molecule has 0 atom stereocenters. The van der Waals surface area contributed by atoms with Crippen molar-refractivity contribution in [1.82, 2.24) is 19.2 Å². The number of hydrogen-bond donors (Lipinski definition) is 0. The second-order valence-corrected chi connectivity index (χ2v) is 8.69. The molecule has 2 aromatic carbocycles. The van der Waals surface area contributed by atoms with Crippen LogP contribution in [0.3, 0.4) is 0 Å². The topological polar surface area (TPSA) is 50.1 Å². The van der Waals surface area contributed by atoms with Crippen molar-refractivity contribution in [1.29, 1.82) is 0 Å². The standard InChI is InChI=1S/C27H27FN4O2/c1-19-15-21(5-9-24(19)28)22-6-10-26-29-25(18-32(26)17-22)27(33)31-13-11-30(12-14-31)16-20-3-7-23(34-2)8-4-20/h3-10,15,17-18H,11-14,16H2,1-2H3. The highest BCUT2D eigenvalue weighted by Gasteiger charge is 2.24. The lowest BCUT2D eigenvalue weighted by molar-refractivity contribution is 0.0623. The second-order valence-electron chi connectivity index (χ2n) is 8.69. The summed E-state index contributed by atoms with van der Waals surface area (Å²) >= 11 is 0. The highest BCUT2D eigenvalue weighted by molar-refractivity contribution is 5.93. The summed E-state index contributed by atoms with van der Waals surface area (Å²) in [6.45, 7) is 5.58. The molecular weight excluding hydrogens is 431 g/mol. The quantitative estimate of drug-likeness (QED) is 0.444. The van der Waals surface area contributed by atoms with Gasteiger partial charge in [0.15, 0.2) is 0 Å². The fraction of sp³-hybridized carbons (Fsp3) is 0.259. The first-order valence-electron chi connectivity index (χ1n) is 11.4. The maximum Gasteiger partial charge on any atom is 0.274 e. The molecule has 6 nitrogen and oxygen atoms in total. The van der Waals surface area contributed by atoms with Crippen LogP contribution in [-0.2, 0) is 6.54 Å². The minimum Gasteiger partial charge on any atom is -0.497 e. The number of aromatic nitrogens is 2. The Labute approximate surface area is 198 Å². The number of benzene rings is 2. The third-order valence-corrected chi connectivity index (χ3v) is 6.39. The van der Waals surface area contributed by atoms with E-state index in [1.165, 1.54) is 11.6 Å². The maximum absolute atomic E-state index is 13.6. The SMILES string of the molecule is COc1ccc(CN2CCN(C(=O)c3cn4cc(-c5ccc(F)c(C)c5)ccc4n3)CC2)cc1. The van der Waals surface area contributed by atoms with E-state index in [4.69, 9.17) is 4.74 Å². The molecule has 5 rings (SSSR count). The van der Waals surface area contributed by atoms with Crippen LogP contribution in [0.15, 0.2) is 67.0 Å². The van der Waals surface area contributed by atoms with E-state index in [1.54, 1.807) is 26.3 Å². The molecule has 0 bridgehead atoms. The average molecular weight is 459 g/mol. The van der Waals surface area contributed by atoms with Crippen LogP contribution in [0.4, 0.5) is 4.39 Å². The molecule has 0 N–H and O–H groups in total. The molecule has 0 radical (unpaired) electrons. The zero-order chi connectivity index (χ0) is 23.7. The summed E-state index contributed by atoms with van der Waals surface area (Å²) in [4.78, 5) is 21.9. The Morgan fingerprint density at radius 2 is 1.71 bits per heavy atom. The van der Waals surface area contributed by atoms with E-state index in [0.29, 0.717) is 30.0 Å². The predicted octanol–water partition coefficient (Wildman–Crippen LogP) is 4.42. The number of pyridine rings is 1. The normalized spacial score (nSPS) is 14.5. The van der Waals surface area contributed by atoms with Gasteiger partial charge in [0.2, 0.25) is 0 Å². The van der Waals surface area contributed by atoms with Crippen LogP contribution >= 0.6 is 0 Å². The van der Waals surface area contributed by atoms with E-state index in [-0.39, 0.29) is 11.7 Å². The molecule has 1 amide bonds. The molecule has 1 aliphatic rings. The van der Waals surface area contributed by atoms with Crippen molar-refractivity contribution in [3.8, 4) is 16.9 Å². The van der Waals surface area contributed by atoms with E-state index in [0.717, 1.165) is 36.5 Å². The number of carbonyl (C=O) groups excluding carboxylic acids is 1. The molecule has 1 saturated heterocycles. The van der Waals surface area contributed by atoms with E-state index < -0.39 is 0 Å². The number of hydrogen-bond acceptors (Lipinski definition) is 4. The minimum atomic E-state index is -0.218. The van der Waals surface area contributed by atoms with Gasteiger partial charge in [-0.2, -0.15) is 0 Å². The van der Waals surface area contributed by atoms with Crippen molar-refractivity contribution < 1.29 is 13.9 Å². The largest absolute Gasteiger partial charge is 0.497 e. The van der Waals surface area contributed by atoms with Crippen molar-refractivity contribution >= 4 is 11.6 Å². The average Bonchev–Trinajstić information content (AvgIpc) is 3.30. The molecule has 2 aromatic heterocycles. The van der Waals surface area contributed by atoms with Crippen LogP contribution in [0.1, 0.15) is 21.6 Å². The number of halogens is 1. The third-order valence-electron chi connectivity index (χ3n) is 6.39. The first-order valence-corrected chi connectivity index (χ1v) is 11.4. The molecule has 4 aromatic rings.